The molecule has 0 aliphatic carbocycles. The molecule has 32 heavy (non-hydrogen) atoms. The van der Waals surface area contributed by atoms with Gasteiger partial charge < -0.3 is 30.9 Å². The molecule has 0 saturated carbocycles. The highest BCUT2D eigenvalue weighted by Gasteiger charge is 2.29. The van der Waals surface area contributed by atoms with Gasteiger partial charge in [0, 0.05) is 0 Å². The first kappa shape index (κ1) is 26.9. The molecule has 3 amide bonds. The minimum atomic E-state index is -1.62. The lowest BCUT2D eigenvalue weighted by molar-refractivity contribution is -0.142. The zero-order chi connectivity index (χ0) is 24.3. The zero-order valence-electron chi connectivity index (χ0n) is 18.9. The van der Waals surface area contributed by atoms with E-state index < -0.39 is 54.2 Å². The van der Waals surface area contributed by atoms with E-state index in [0.717, 1.165) is 6.42 Å². The maximum Gasteiger partial charge on any atom is 0.407 e. The fourth-order valence-corrected chi connectivity index (χ4v) is 2.79. The van der Waals surface area contributed by atoms with E-state index in [-0.39, 0.29) is 0 Å². The second kappa shape index (κ2) is 12.7. The molecule has 0 fully saturated rings. The van der Waals surface area contributed by atoms with Crippen molar-refractivity contribution in [2.45, 2.75) is 70.7 Å². The lowest BCUT2D eigenvalue weighted by atomic mass is 10.0. The number of benzene rings is 1. The second-order valence-corrected chi connectivity index (χ2v) is 8.31. The maximum atomic E-state index is 12.4. The van der Waals surface area contributed by atoms with Crippen LogP contribution >= 0.6 is 0 Å². The van der Waals surface area contributed by atoms with Gasteiger partial charge in [-0.15, -0.1) is 0 Å². The summed E-state index contributed by atoms with van der Waals surface area (Å²) < 4.78 is 5.17. The number of carboxylic acids is 1. The van der Waals surface area contributed by atoms with Crippen LogP contribution < -0.4 is 16.0 Å². The van der Waals surface area contributed by atoms with E-state index in [9.17, 15) is 29.4 Å². The number of aliphatic hydroxyl groups excluding tert-OH is 1. The number of carbonyl (C=O) groups excluding carboxylic acids is 3. The molecule has 5 N–H and O–H groups in total. The number of carboxylic acid groups (broad SMARTS) is 1. The number of aliphatic carboxylic acids is 1. The molecular formula is C22H33N3O7. The van der Waals surface area contributed by atoms with Gasteiger partial charge in [0.25, 0.3) is 5.91 Å². The van der Waals surface area contributed by atoms with E-state index in [1.165, 1.54) is 0 Å². The molecule has 1 rings (SSSR count). The van der Waals surface area contributed by atoms with E-state index in [2.05, 4.69) is 16.0 Å². The molecule has 1 aromatic carbocycles. The van der Waals surface area contributed by atoms with Gasteiger partial charge in [-0.3, -0.25) is 9.59 Å². The Kier molecular flexibility index (Phi) is 10.6. The Hall–Kier alpha value is -3.14. The average molecular weight is 452 g/mol. The van der Waals surface area contributed by atoms with Crippen LogP contribution in [0.3, 0.4) is 0 Å². The lowest BCUT2D eigenvalue weighted by Crippen LogP contribution is -2.52. The van der Waals surface area contributed by atoms with Crippen LogP contribution in [0.25, 0.3) is 0 Å². The van der Waals surface area contributed by atoms with Gasteiger partial charge in [-0.1, -0.05) is 50.1 Å². The number of unbranched alkanes of at least 4 members (excludes halogenated alkanes) is 1. The molecule has 0 spiro atoms. The first-order valence-electron chi connectivity index (χ1n) is 10.5. The fourth-order valence-electron chi connectivity index (χ4n) is 2.79. The number of hydrogen-bond donors (Lipinski definition) is 5. The molecule has 10 heteroatoms. The van der Waals surface area contributed by atoms with Crippen LogP contribution in [0.5, 0.6) is 0 Å². The quantitative estimate of drug-likeness (QED) is 0.341. The summed E-state index contributed by atoms with van der Waals surface area (Å²) in [5, 5.41) is 26.9. The van der Waals surface area contributed by atoms with Gasteiger partial charge in [0.1, 0.15) is 5.60 Å². The van der Waals surface area contributed by atoms with Gasteiger partial charge >= 0.3 is 12.1 Å². The maximum absolute atomic E-state index is 12.4. The van der Waals surface area contributed by atoms with E-state index in [1.807, 2.05) is 6.92 Å². The molecule has 0 heterocycles. The Morgan fingerprint density at radius 2 is 1.69 bits per heavy atom. The highest BCUT2D eigenvalue weighted by molar-refractivity contribution is 5.90. The summed E-state index contributed by atoms with van der Waals surface area (Å²) in [6.07, 6.45) is -0.644. The van der Waals surface area contributed by atoms with E-state index >= 15 is 0 Å². The van der Waals surface area contributed by atoms with Crippen molar-refractivity contribution in [3.63, 3.8) is 0 Å². The Bertz CT molecular complexity index is 777. The number of nitrogens with one attached hydrogen (secondary N) is 3. The number of hydrogen-bond acceptors (Lipinski definition) is 6. The second-order valence-electron chi connectivity index (χ2n) is 8.31. The molecular weight excluding hydrogens is 418 g/mol. The van der Waals surface area contributed by atoms with Gasteiger partial charge in [0.05, 0.1) is 12.6 Å². The molecule has 10 nitrogen and oxygen atoms in total. The molecule has 0 saturated heterocycles. The third kappa shape index (κ3) is 9.78. The topological polar surface area (TPSA) is 154 Å². The molecule has 1 aromatic rings. The van der Waals surface area contributed by atoms with E-state index in [1.54, 1.807) is 51.1 Å². The number of ether oxygens (including phenoxy) is 1. The Balaban J connectivity index is 2.69. The third-order valence-corrected chi connectivity index (χ3v) is 4.33. The van der Waals surface area contributed by atoms with Gasteiger partial charge in [-0.05, 0) is 32.8 Å². The molecule has 178 valence electrons. The summed E-state index contributed by atoms with van der Waals surface area (Å²) in [6, 6.07) is 5.92. The van der Waals surface area contributed by atoms with Crippen molar-refractivity contribution in [3.05, 3.63) is 35.9 Å². The first-order chi connectivity index (χ1) is 14.9. The molecule has 3 atom stereocenters. The lowest BCUT2D eigenvalue weighted by Gasteiger charge is -2.26. The molecule has 0 bridgehead atoms. The zero-order valence-corrected chi connectivity index (χ0v) is 18.9. The average Bonchev–Trinajstić information content (AvgIpc) is 2.71. The Morgan fingerprint density at radius 1 is 1.06 bits per heavy atom. The summed E-state index contributed by atoms with van der Waals surface area (Å²) in [4.78, 5) is 48.1. The standard InChI is InChI=1S/C22H33N3O7/c1-5-6-12-15(24-21(31)32-22(2,3)4)18(27)19(28)23-13-16(26)25-17(20(29)30)14-10-8-7-9-11-14/h7-11,15,17-18,27H,5-6,12-13H2,1-4H3,(H,23,28)(H,24,31)(H,25,26)(H,29,30)/t15?,17-,18?/m0/s1. The number of alkyl carbamates (subject to hydrolysis) is 1. The van der Waals surface area contributed by atoms with E-state index in [4.69, 9.17) is 4.74 Å². The van der Waals surface area contributed by atoms with E-state index in [0.29, 0.717) is 18.4 Å². The summed E-state index contributed by atoms with van der Waals surface area (Å²) in [5.41, 5.74) is -0.370. The number of aliphatic hydroxyl groups is 1. The number of rotatable bonds is 11. The van der Waals surface area contributed by atoms with Crippen molar-refractivity contribution in [2.75, 3.05) is 6.54 Å². The summed E-state index contributed by atoms with van der Waals surface area (Å²) in [5.74, 6) is -2.87. The Morgan fingerprint density at radius 3 is 2.22 bits per heavy atom. The first-order valence-corrected chi connectivity index (χ1v) is 10.5. The molecule has 0 radical (unpaired) electrons. The van der Waals surface area contributed by atoms with Gasteiger partial charge in [0.2, 0.25) is 5.91 Å². The minimum absolute atomic E-state index is 0.325. The third-order valence-electron chi connectivity index (χ3n) is 4.33. The summed E-state index contributed by atoms with van der Waals surface area (Å²) >= 11 is 0. The SMILES string of the molecule is CCCCC(NC(=O)OC(C)(C)C)C(O)C(=O)NCC(=O)N[C@H](C(=O)O)c1ccccc1. The normalized spacial score (nSPS) is 13.9. The monoisotopic (exact) mass is 451 g/mol. The van der Waals surface area contributed by atoms with Crippen molar-refractivity contribution in [3.8, 4) is 0 Å². The van der Waals surface area contributed by atoms with Crippen LogP contribution in [0.1, 0.15) is 58.6 Å². The smallest absolute Gasteiger partial charge is 0.407 e. The van der Waals surface area contributed by atoms with Gasteiger partial charge in [-0.2, -0.15) is 0 Å². The van der Waals surface area contributed by atoms with Gasteiger partial charge in [0.15, 0.2) is 12.1 Å². The fraction of sp³-hybridized carbons (Fsp3) is 0.545. The van der Waals surface area contributed by atoms with Crippen molar-refractivity contribution in [2.24, 2.45) is 0 Å². The highest BCUT2D eigenvalue weighted by Crippen LogP contribution is 2.13. The minimum Gasteiger partial charge on any atom is -0.479 e. The van der Waals surface area contributed by atoms with Crippen LogP contribution in [0.2, 0.25) is 0 Å². The number of carbonyl (C=O) groups is 4. The van der Waals surface area contributed by atoms with Crippen LogP contribution in [-0.4, -0.2) is 58.4 Å². The van der Waals surface area contributed by atoms with Gasteiger partial charge in [-0.25, -0.2) is 9.59 Å². The predicted molar refractivity (Wildman–Crippen MR) is 117 cm³/mol. The summed E-state index contributed by atoms with van der Waals surface area (Å²) in [7, 11) is 0. The van der Waals surface area contributed by atoms with Crippen LogP contribution in [0.15, 0.2) is 30.3 Å². The van der Waals surface area contributed by atoms with Crippen molar-refractivity contribution >= 4 is 23.9 Å². The predicted octanol–water partition coefficient (Wildman–Crippen LogP) is 1.49. The van der Waals surface area contributed by atoms with Crippen LogP contribution in [-0.2, 0) is 19.1 Å². The molecule has 0 aliphatic heterocycles. The molecule has 2 unspecified atom stereocenters. The van der Waals surface area contributed by atoms with Crippen molar-refractivity contribution in [1.29, 1.82) is 0 Å². The number of amides is 3. The molecule has 0 aromatic heterocycles. The van der Waals surface area contributed by atoms with Crippen LogP contribution in [0.4, 0.5) is 4.79 Å². The van der Waals surface area contributed by atoms with Crippen LogP contribution in [0, 0.1) is 0 Å². The summed E-state index contributed by atoms with van der Waals surface area (Å²) in [6.45, 7) is 6.45. The Labute approximate surface area is 187 Å². The van der Waals surface area contributed by atoms with Crippen molar-refractivity contribution in [1.82, 2.24) is 16.0 Å². The largest absolute Gasteiger partial charge is 0.479 e. The molecule has 0 aliphatic rings. The van der Waals surface area contributed by atoms with Crippen molar-refractivity contribution < 1.29 is 34.1 Å². The highest BCUT2D eigenvalue weighted by atomic mass is 16.6.